The molecule has 0 spiro atoms. The fourth-order valence-corrected chi connectivity index (χ4v) is 2.50. The Kier molecular flexibility index (Phi) is 3.98. The van der Waals surface area contributed by atoms with Crippen molar-refractivity contribution >= 4 is 43.5 Å². The molecule has 1 amide bonds. The van der Waals surface area contributed by atoms with Crippen LogP contribution in [0.25, 0.3) is 0 Å². The number of aromatic hydroxyl groups is 1. The van der Waals surface area contributed by atoms with Crippen molar-refractivity contribution in [3.63, 3.8) is 0 Å². The van der Waals surface area contributed by atoms with Gasteiger partial charge in [0.15, 0.2) is 0 Å². The second-order valence-corrected chi connectivity index (χ2v) is 5.24. The summed E-state index contributed by atoms with van der Waals surface area (Å²) in [5.74, 6) is -0.541. The highest BCUT2D eigenvalue weighted by Crippen LogP contribution is 2.27. The van der Waals surface area contributed by atoms with Crippen molar-refractivity contribution in [2.24, 2.45) is 0 Å². The average Bonchev–Trinajstić information content (AvgIpc) is 2.33. The smallest absolute Gasteiger partial charge is 0.259 e. The van der Waals surface area contributed by atoms with E-state index in [2.05, 4.69) is 42.2 Å². The number of nitrogens with zero attached hydrogens (tertiary/aromatic N) is 1. The van der Waals surface area contributed by atoms with Gasteiger partial charge in [-0.05, 0) is 40.2 Å². The number of aromatic nitrogens is 1. The van der Waals surface area contributed by atoms with Gasteiger partial charge in [0, 0.05) is 15.1 Å². The van der Waals surface area contributed by atoms with Crippen LogP contribution in [0.3, 0.4) is 0 Å². The van der Waals surface area contributed by atoms with Crippen molar-refractivity contribution in [2.45, 2.75) is 0 Å². The van der Waals surface area contributed by atoms with Gasteiger partial charge >= 0.3 is 0 Å². The van der Waals surface area contributed by atoms with E-state index in [4.69, 9.17) is 0 Å². The highest BCUT2D eigenvalue weighted by molar-refractivity contribution is 9.11. The normalized spacial score (nSPS) is 10.1. The fraction of sp³-hybridized carbons (Fsp3) is 0. The van der Waals surface area contributed by atoms with Gasteiger partial charge in [-0.1, -0.05) is 15.9 Å². The van der Waals surface area contributed by atoms with Crippen LogP contribution in [0.4, 0.5) is 5.69 Å². The number of amides is 1. The number of halogens is 2. The molecule has 1 heterocycles. The standard InChI is InChI=1S/C12H8Br2N2O2/c13-7-1-2-10(9(14)5-7)16-12(18)8-3-4-15-6-11(8)17/h1-6,17H,(H,16,18). The largest absolute Gasteiger partial charge is 0.505 e. The first kappa shape index (κ1) is 13.0. The number of nitrogens with one attached hydrogen (secondary N) is 1. The summed E-state index contributed by atoms with van der Waals surface area (Å²) >= 11 is 6.68. The molecule has 4 nitrogen and oxygen atoms in total. The first-order valence-electron chi connectivity index (χ1n) is 4.97. The average molecular weight is 372 g/mol. The van der Waals surface area contributed by atoms with Crippen LogP contribution < -0.4 is 5.32 Å². The lowest BCUT2D eigenvalue weighted by atomic mass is 10.2. The van der Waals surface area contributed by atoms with E-state index in [-0.39, 0.29) is 11.3 Å². The van der Waals surface area contributed by atoms with Gasteiger partial charge in [-0.2, -0.15) is 0 Å². The maximum atomic E-state index is 11.9. The molecule has 0 radical (unpaired) electrons. The SMILES string of the molecule is O=C(Nc1ccc(Br)cc1Br)c1ccncc1O. The molecule has 2 aromatic rings. The molecule has 18 heavy (non-hydrogen) atoms. The third kappa shape index (κ3) is 2.88. The molecule has 0 atom stereocenters. The number of hydrogen-bond donors (Lipinski definition) is 2. The van der Waals surface area contributed by atoms with Gasteiger partial charge in [-0.25, -0.2) is 0 Å². The van der Waals surface area contributed by atoms with Crippen LogP contribution in [-0.4, -0.2) is 16.0 Å². The van der Waals surface area contributed by atoms with Crippen molar-refractivity contribution in [3.8, 4) is 5.75 Å². The van der Waals surface area contributed by atoms with E-state index < -0.39 is 5.91 Å². The number of carbonyl (C=O) groups is 1. The minimum Gasteiger partial charge on any atom is -0.505 e. The molecule has 0 fully saturated rings. The van der Waals surface area contributed by atoms with Gasteiger partial charge in [0.05, 0.1) is 17.4 Å². The second kappa shape index (κ2) is 5.49. The Morgan fingerprint density at radius 3 is 2.72 bits per heavy atom. The molecular formula is C12H8Br2N2O2. The van der Waals surface area contributed by atoms with Crippen molar-refractivity contribution in [1.82, 2.24) is 4.98 Å². The summed E-state index contributed by atoms with van der Waals surface area (Å²) in [4.78, 5) is 15.7. The summed E-state index contributed by atoms with van der Waals surface area (Å²) in [6, 6.07) is 6.84. The molecule has 0 aliphatic rings. The van der Waals surface area contributed by atoms with E-state index in [1.165, 1.54) is 18.5 Å². The van der Waals surface area contributed by atoms with Crippen LogP contribution in [0.2, 0.25) is 0 Å². The van der Waals surface area contributed by atoms with Crippen molar-refractivity contribution < 1.29 is 9.90 Å². The number of carbonyl (C=O) groups excluding carboxylic acids is 1. The van der Waals surface area contributed by atoms with Crippen molar-refractivity contribution in [3.05, 3.63) is 51.2 Å². The van der Waals surface area contributed by atoms with E-state index in [1.54, 1.807) is 6.07 Å². The van der Waals surface area contributed by atoms with E-state index in [9.17, 15) is 9.90 Å². The molecule has 2 rings (SSSR count). The quantitative estimate of drug-likeness (QED) is 0.848. The van der Waals surface area contributed by atoms with E-state index in [0.29, 0.717) is 5.69 Å². The Balaban J connectivity index is 2.24. The summed E-state index contributed by atoms with van der Waals surface area (Å²) in [6.07, 6.45) is 2.68. The highest BCUT2D eigenvalue weighted by atomic mass is 79.9. The molecule has 0 saturated carbocycles. The molecule has 6 heteroatoms. The minimum atomic E-state index is -0.391. The molecule has 0 aliphatic heterocycles. The second-order valence-electron chi connectivity index (χ2n) is 3.47. The zero-order valence-electron chi connectivity index (χ0n) is 9.02. The Morgan fingerprint density at radius 2 is 2.06 bits per heavy atom. The van der Waals surface area contributed by atoms with Crippen LogP contribution in [0.5, 0.6) is 5.75 Å². The topological polar surface area (TPSA) is 62.2 Å². The Bertz CT molecular complexity index is 602. The van der Waals surface area contributed by atoms with Crippen LogP contribution in [-0.2, 0) is 0 Å². The Hall–Kier alpha value is -1.40. The summed E-state index contributed by atoms with van der Waals surface area (Å²) < 4.78 is 1.65. The summed E-state index contributed by atoms with van der Waals surface area (Å²) in [6.45, 7) is 0. The highest BCUT2D eigenvalue weighted by Gasteiger charge is 2.12. The van der Waals surface area contributed by atoms with Gasteiger partial charge in [-0.3, -0.25) is 9.78 Å². The molecule has 2 N–H and O–H groups in total. The molecule has 0 saturated heterocycles. The third-order valence-electron chi connectivity index (χ3n) is 2.22. The summed E-state index contributed by atoms with van der Waals surface area (Å²) in [5.41, 5.74) is 0.805. The molecule has 92 valence electrons. The predicted molar refractivity (Wildman–Crippen MR) is 75.7 cm³/mol. The van der Waals surface area contributed by atoms with Gasteiger partial charge in [0.2, 0.25) is 0 Å². The zero-order valence-corrected chi connectivity index (χ0v) is 12.2. The Morgan fingerprint density at radius 1 is 1.28 bits per heavy atom. The maximum absolute atomic E-state index is 11.9. The third-order valence-corrected chi connectivity index (χ3v) is 3.37. The monoisotopic (exact) mass is 370 g/mol. The number of benzene rings is 1. The number of hydrogen-bond acceptors (Lipinski definition) is 3. The van der Waals surface area contributed by atoms with Crippen molar-refractivity contribution in [2.75, 3.05) is 5.32 Å². The van der Waals surface area contributed by atoms with Crippen LogP contribution >= 0.6 is 31.9 Å². The molecule has 0 bridgehead atoms. The first-order valence-corrected chi connectivity index (χ1v) is 6.56. The molecule has 0 unspecified atom stereocenters. The maximum Gasteiger partial charge on any atom is 0.259 e. The first-order chi connectivity index (χ1) is 8.58. The van der Waals surface area contributed by atoms with Crippen LogP contribution in [0, 0.1) is 0 Å². The lowest BCUT2D eigenvalue weighted by molar-refractivity contribution is 0.102. The van der Waals surface area contributed by atoms with E-state index in [0.717, 1.165) is 8.95 Å². The van der Waals surface area contributed by atoms with E-state index in [1.807, 2.05) is 12.1 Å². The Labute approximate surface area is 120 Å². The van der Waals surface area contributed by atoms with Gasteiger partial charge in [0.25, 0.3) is 5.91 Å². The molecule has 1 aromatic heterocycles. The fourth-order valence-electron chi connectivity index (χ4n) is 1.36. The van der Waals surface area contributed by atoms with Gasteiger partial charge in [-0.15, -0.1) is 0 Å². The molecule has 1 aromatic carbocycles. The minimum absolute atomic E-state index is 0.150. The number of pyridine rings is 1. The zero-order chi connectivity index (χ0) is 13.1. The summed E-state index contributed by atoms with van der Waals surface area (Å²) in [5, 5.41) is 12.2. The summed E-state index contributed by atoms with van der Waals surface area (Å²) in [7, 11) is 0. The van der Waals surface area contributed by atoms with Crippen molar-refractivity contribution in [1.29, 1.82) is 0 Å². The lowest BCUT2D eigenvalue weighted by Crippen LogP contribution is -2.12. The van der Waals surface area contributed by atoms with Gasteiger partial charge < -0.3 is 10.4 Å². The predicted octanol–water partition coefficient (Wildman–Crippen LogP) is 3.56. The molecule has 0 aliphatic carbocycles. The number of anilines is 1. The molecular weight excluding hydrogens is 364 g/mol. The lowest BCUT2D eigenvalue weighted by Gasteiger charge is -2.08. The number of rotatable bonds is 2. The van der Waals surface area contributed by atoms with E-state index >= 15 is 0 Å². The van der Waals surface area contributed by atoms with Gasteiger partial charge in [0.1, 0.15) is 5.75 Å². The van der Waals surface area contributed by atoms with Crippen LogP contribution in [0.15, 0.2) is 45.6 Å². The van der Waals surface area contributed by atoms with Crippen LogP contribution in [0.1, 0.15) is 10.4 Å².